The Morgan fingerprint density at radius 3 is 2.42 bits per heavy atom. The van der Waals surface area contributed by atoms with Crippen molar-refractivity contribution in [1.29, 1.82) is 0 Å². The summed E-state index contributed by atoms with van der Waals surface area (Å²) in [6.07, 6.45) is 0. The molecule has 4 aromatic rings. The number of nitrogens with zero attached hydrogens (tertiary/aromatic N) is 3. The highest BCUT2D eigenvalue weighted by Gasteiger charge is 2.23. The number of carbonyl (C=O) groups excluding carboxylic acids is 2. The van der Waals surface area contributed by atoms with Crippen LogP contribution in [-0.4, -0.2) is 46.6 Å². The molecule has 0 atom stereocenters. The number of thiophene rings is 1. The van der Waals surface area contributed by atoms with Crippen LogP contribution in [-0.2, 0) is 22.7 Å². The Morgan fingerprint density at radius 1 is 1.05 bits per heavy atom. The van der Waals surface area contributed by atoms with Crippen LogP contribution < -0.4 is 14.8 Å². The van der Waals surface area contributed by atoms with Crippen molar-refractivity contribution in [2.75, 3.05) is 25.3 Å². The maximum atomic E-state index is 13.4. The molecule has 198 valence electrons. The number of aromatic nitrogens is 3. The third-order valence-corrected chi connectivity index (χ3v) is 7.32. The van der Waals surface area contributed by atoms with E-state index in [1.807, 2.05) is 23.6 Å². The molecule has 12 heteroatoms. The van der Waals surface area contributed by atoms with E-state index in [4.69, 9.17) is 14.2 Å². The Kier molecular flexibility index (Phi) is 8.98. The van der Waals surface area contributed by atoms with E-state index < -0.39 is 5.97 Å². The largest absolute Gasteiger partial charge is 0.497 e. The molecular weight excluding hydrogens is 531 g/mol. The number of methoxy groups -OCH3 is 2. The summed E-state index contributed by atoms with van der Waals surface area (Å²) in [7, 11) is 2.87. The summed E-state index contributed by atoms with van der Waals surface area (Å²) < 4.78 is 31.1. The number of thioether (sulfide) groups is 1. The minimum absolute atomic E-state index is 0.0435. The van der Waals surface area contributed by atoms with E-state index >= 15 is 0 Å². The highest BCUT2D eigenvalue weighted by molar-refractivity contribution is 7.99. The van der Waals surface area contributed by atoms with Crippen molar-refractivity contribution in [2.24, 2.45) is 0 Å². The average molecular weight is 557 g/mol. The maximum absolute atomic E-state index is 13.4. The molecule has 0 aliphatic carbocycles. The molecule has 0 saturated carbocycles. The number of ether oxygens (including phenoxy) is 3. The molecule has 2 aromatic heterocycles. The molecule has 4 rings (SSSR count). The summed E-state index contributed by atoms with van der Waals surface area (Å²) in [6, 6.07) is 13.0. The predicted octanol–water partition coefficient (Wildman–Crippen LogP) is 5.27. The van der Waals surface area contributed by atoms with Gasteiger partial charge in [0.2, 0.25) is 5.91 Å². The molecule has 0 spiro atoms. The van der Waals surface area contributed by atoms with E-state index in [-0.39, 0.29) is 29.6 Å². The fraction of sp³-hybridized carbons (Fsp3) is 0.231. The van der Waals surface area contributed by atoms with E-state index in [0.29, 0.717) is 39.4 Å². The number of carbonyl (C=O) groups is 2. The van der Waals surface area contributed by atoms with E-state index in [1.54, 1.807) is 36.8 Å². The summed E-state index contributed by atoms with van der Waals surface area (Å²) in [5.74, 6) is 0.768. The topological polar surface area (TPSA) is 105 Å². The van der Waals surface area contributed by atoms with E-state index in [0.717, 1.165) is 5.75 Å². The van der Waals surface area contributed by atoms with E-state index in [2.05, 4.69) is 15.5 Å². The van der Waals surface area contributed by atoms with Crippen LogP contribution in [0.1, 0.15) is 23.1 Å². The molecule has 0 saturated heterocycles. The van der Waals surface area contributed by atoms with Crippen molar-refractivity contribution in [1.82, 2.24) is 14.8 Å². The Morgan fingerprint density at radius 2 is 1.76 bits per heavy atom. The van der Waals surface area contributed by atoms with Crippen LogP contribution in [0.4, 0.5) is 9.39 Å². The Balaban J connectivity index is 1.41. The zero-order valence-electron chi connectivity index (χ0n) is 20.9. The first-order valence-corrected chi connectivity index (χ1v) is 13.4. The number of rotatable bonds is 11. The number of hydrogen-bond donors (Lipinski definition) is 1. The van der Waals surface area contributed by atoms with Crippen molar-refractivity contribution in [3.8, 4) is 22.6 Å². The lowest BCUT2D eigenvalue weighted by Crippen LogP contribution is -2.16. The standard InChI is InChI=1S/C26H25FN4O5S2/c1-4-31-21(13-36-19-11-9-18(34-2)10-12-19)29-30-26(31)38-15-22(32)28-24-23(25(33)35-3)20(14-37-24)16-5-7-17(27)8-6-16/h5-12,14H,4,13,15H2,1-3H3,(H,28,32). The normalized spacial score (nSPS) is 10.7. The number of nitrogens with one attached hydrogen (secondary N) is 1. The molecule has 2 aromatic carbocycles. The molecule has 1 amide bonds. The van der Waals surface area contributed by atoms with Gasteiger partial charge >= 0.3 is 5.97 Å². The van der Waals surface area contributed by atoms with Gasteiger partial charge < -0.3 is 24.1 Å². The second-order valence-corrected chi connectivity index (χ2v) is 9.62. The first-order chi connectivity index (χ1) is 18.4. The average Bonchev–Trinajstić information content (AvgIpc) is 3.54. The maximum Gasteiger partial charge on any atom is 0.341 e. The number of hydrogen-bond acceptors (Lipinski definition) is 9. The van der Waals surface area contributed by atoms with Gasteiger partial charge in [0, 0.05) is 17.5 Å². The Labute approximate surface area is 226 Å². The lowest BCUT2D eigenvalue weighted by atomic mass is 10.0. The van der Waals surface area contributed by atoms with E-state index in [1.165, 1.54) is 42.3 Å². The lowest BCUT2D eigenvalue weighted by Gasteiger charge is -2.10. The molecule has 0 aliphatic rings. The number of esters is 1. The van der Waals surface area contributed by atoms with Gasteiger partial charge in [-0.2, -0.15) is 0 Å². The van der Waals surface area contributed by atoms with Crippen LogP contribution in [0.2, 0.25) is 0 Å². The number of anilines is 1. The highest BCUT2D eigenvalue weighted by atomic mass is 32.2. The SMILES string of the molecule is CCn1c(COc2ccc(OC)cc2)nnc1SCC(=O)Nc1scc(-c2ccc(F)cc2)c1C(=O)OC. The second-order valence-electron chi connectivity index (χ2n) is 7.80. The van der Waals surface area contributed by atoms with Crippen LogP contribution in [0.3, 0.4) is 0 Å². The summed E-state index contributed by atoms with van der Waals surface area (Å²) in [5.41, 5.74) is 1.41. The molecule has 0 radical (unpaired) electrons. The molecular formula is C26H25FN4O5S2. The molecule has 0 unspecified atom stereocenters. The monoisotopic (exact) mass is 556 g/mol. The van der Waals surface area contributed by atoms with Gasteiger partial charge in [0.1, 0.15) is 34.5 Å². The van der Waals surface area contributed by atoms with Crippen LogP contribution in [0.25, 0.3) is 11.1 Å². The molecule has 38 heavy (non-hydrogen) atoms. The highest BCUT2D eigenvalue weighted by Crippen LogP contribution is 2.36. The van der Waals surface area contributed by atoms with E-state index in [9.17, 15) is 14.0 Å². The summed E-state index contributed by atoms with van der Waals surface area (Å²) in [4.78, 5) is 25.3. The zero-order chi connectivity index (χ0) is 27.1. The minimum atomic E-state index is -0.597. The van der Waals surface area contributed by atoms with Crippen molar-refractivity contribution >= 4 is 40.0 Å². The third-order valence-electron chi connectivity index (χ3n) is 5.46. The summed E-state index contributed by atoms with van der Waals surface area (Å²) in [6.45, 7) is 2.76. The number of halogens is 1. The van der Waals surface area contributed by atoms with Crippen LogP contribution >= 0.6 is 23.1 Å². The fourth-order valence-corrected chi connectivity index (χ4v) is 5.35. The van der Waals surface area contributed by atoms with Gasteiger partial charge in [0.05, 0.1) is 20.0 Å². The summed E-state index contributed by atoms with van der Waals surface area (Å²) in [5, 5.41) is 13.9. The third kappa shape index (κ3) is 6.32. The lowest BCUT2D eigenvalue weighted by molar-refractivity contribution is -0.113. The van der Waals surface area contributed by atoms with Crippen LogP contribution in [0.5, 0.6) is 11.5 Å². The fourth-order valence-electron chi connectivity index (χ4n) is 3.56. The molecule has 0 aliphatic heterocycles. The van der Waals surface area contributed by atoms with Crippen LogP contribution in [0, 0.1) is 5.82 Å². The smallest absolute Gasteiger partial charge is 0.341 e. The van der Waals surface area contributed by atoms with Gasteiger partial charge in [-0.25, -0.2) is 9.18 Å². The first kappa shape index (κ1) is 27.1. The zero-order valence-corrected chi connectivity index (χ0v) is 22.5. The first-order valence-electron chi connectivity index (χ1n) is 11.5. The van der Waals surface area contributed by atoms with Crippen LogP contribution in [0.15, 0.2) is 59.1 Å². The predicted molar refractivity (Wildman–Crippen MR) is 143 cm³/mol. The minimum Gasteiger partial charge on any atom is -0.497 e. The van der Waals surface area contributed by atoms with Gasteiger partial charge in [-0.3, -0.25) is 4.79 Å². The summed E-state index contributed by atoms with van der Waals surface area (Å²) >= 11 is 2.42. The Bertz CT molecular complexity index is 1400. The van der Waals surface area contributed by atoms with Gasteiger partial charge in [0.25, 0.3) is 0 Å². The molecule has 0 bridgehead atoms. The molecule has 0 fully saturated rings. The second kappa shape index (κ2) is 12.6. The van der Waals surface area contributed by atoms with Crippen molar-refractivity contribution in [3.05, 3.63) is 71.1 Å². The van der Waals surface area contributed by atoms with Crippen molar-refractivity contribution < 1.29 is 28.2 Å². The molecule has 2 heterocycles. The quantitative estimate of drug-likeness (QED) is 0.197. The van der Waals surface area contributed by atoms with Gasteiger partial charge in [-0.1, -0.05) is 23.9 Å². The van der Waals surface area contributed by atoms with Gasteiger partial charge in [-0.15, -0.1) is 21.5 Å². The van der Waals surface area contributed by atoms with Crippen molar-refractivity contribution in [3.63, 3.8) is 0 Å². The number of amides is 1. The van der Waals surface area contributed by atoms with Crippen molar-refractivity contribution in [2.45, 2.75) is 25.2 Å². The Hall–Kier alpha value is -3.90. The van der Waals surface area contributed by atoms with Gasteiger partial charge in [-0.05, 0) is 48.9 Å². The molecule has 9 nitrogen and oxygen atoms in total. The molecule has 1 N–H and O–H groups in total. The van der Waals surface area contributed by atoms with Gasteiger partial charge in [0.15, 0.2) is 11.0 Å². The number of benzene rings is 2.